The Hall–Kier alpha value is -0.450. The van der Waals surface area contributed by atoms with Crippen LogP contribution in [0, 0.1) is 0 Å². The van der Waals surface area contributed by atoms with Crippen molar-refractivity contribution in [1.82, 2.24) is 13.9 Å². The highest BCUT2D eigenvalue weighted by Gasteiger charge is 2.52. The molecule has 19 heavy (non-hydrogen) atoms. The van der Waals surface area contributed by atoms with Gasteiger partial charge in [0.05, 0.1) is 6.33 Å². The smallest absolute Gasteiger partial charge is 0.324 e. The van der Waals surface area contributed by atoms with Crippen molar-refractivity contribution in [1.29, 1.82) is 0 Å². The second-order valence-electron chi connectivity index (χ2n) is 3.83. The summed E-state index contributed by atoms with van der Waals surface area (Å²) in [4.78, 5) is 3.57. The van der Waals surface area contributed by atoms with E-state index in [-0.39, 0.29) is 17.5 Å². The van der Waals surface area contributed by atoms with Gasteiger partial charge in [0.1, 0.15) is 5.15 Å². The summed E-state index contributed by atoms with van der Waals surface area (Å²) in [6, 6.07) is 0. The van der Waals surface area contributed by atoms with Crippen LogP contribution >= 0.6 is 23.4 Å². The number of thioether (sulfide) groups is 1. The van der Waals surface area contributed by atoms with Gasteiger partial charge in [-0.05, 0) is 0 Å². The lowest BCUT2D eigenvalue weighted by molar-refractivity contribution is -0.144. The van der Waals surface area contributed by atoms with E-state index in [4.69, 9.17) is 11.6 Å². The van der Waals surface area contributed by atoms with Crippen LogP contribution in [0.2, 0.25) is 5.15 Å². The Morgan fingerprint density at radius 2 is 2.16 bits per heavy atom. The van der Waals surface area contributed by atoms with Gasteiger partial charge >= 0.3 is 6.18 Å². The van der Waals surface area contributed by atoms with Gasteiger partial charge in [0.15, 0.2) is 5.37 Å². The van der Waals surface area contributed by atoms with Crippen LogP contribution in [0.15, 0.2) is 11.4 Å². The van der Waals surface area contributed by atoms with Gasteiger partial charge in [-0.2, -0.15) is 17.5 Å². The predicted molar refractivity (Wildman–Crippen MR) is 64.4 cm³/mol. The summed E-state index contributed by atoms with van der Waals surface area (Å²) >= 11 is 6.28. The Balaban J connectivity index is 2.43. The molecule has 2 heterocycles. The molecule has 0 amide bonds. The second-order valence-corrected chi connectivity index (χ2v) is 7.18. The minimum atomic E-state index is -4.63. The summed E-state index contributed by atoms with van der Waals surface area (Å²) in [7, 11) is -2.90. The molecule has 1 aromatic rings. The molecule has 108 valence electrons. The first kappa shape index (κ1) is 14.9. The minimum Gasteiger partial charge on any atom is -0.324 e. The molecule has 11 heteroatoms. The molecule has 1 aliphatic rings. The van der Waals surface area contributed by atoms with Crippen LogP contribution in [0.1, 0.15) is 0 Å². The van der Waals surface area contributed by atoms with Crippen molar-refractivity contribution >= 4 is 33.4 Å². The van der Waals surface area contributed by atoms with Crippen molar-refractivity contribution in [3.05, 3.63) is 11.5 Å². The number of nitrogens with zero attached hydrogens (tertiary/aromatic N) is 3. The highest BCUT2D eigenvalue weighted by Crippen LogP contribution is 2.40. The molecule has 0 spiro atoms. The molecular formula is C8H9ClF3N3O2S2. The highest BCUT2D eigenvalue weighted by atomic mass is 35.5. The van der Waals surface area contributed by atoms with Crippen LogP contribution in [0.25, 0.3) is 0 Å². The van der Waals surface area contributed by atoms with Gasteiger partial charge in [-0.25, -0.2) is 13.4 Å². The quantitative estimate of drug-likeness (QED) is 0.825. The second kappa shape index (κ2) is 4.83. The molecule has 0 saturated carbocycles. The van der Waals surface area contributed by atoms with Crippen molar-refractivity contribution in [2.45, 2.75) is 16.6 Å². The van der Waals surface area contributed by atoms with E-state index in [1.807, 2.05) is 0 Å². The Kier molecular flexibility index (Phi) is 3.80. The van der Waals surface area contributed by atoms with Gasteiger partial charge in [-0.1, -0.05) is 11.6 Å². The molecule has 0 aromatic carbocycles. The summed E-state index contributed by atoms with van der Waals surface area (Å²) in [6.45, 7) is -0.218. The number of aryl methyl sites for hydroxylation is 1. The minimum absolute atomic E-state index is 0.0772. The third-order valence-electron chi connectivity index (χ3n) is 2.52. The summed E-state index contributed by atoms with van der Waals surface area (Å²) in [6.07, 6.45) is -3.49. The van der Waals surface area contributed by atoms with Crippen LogP contribution in [-0.4, -0.2) is 46.1 Å². The third kappa shape index (κ3) is 2.58. The third-order valence-corrected chi connectivity index (χ3v) is 6.26. The molecule has 1 unspecified atom stereocenters. The molecule has 1 atom stereocenters. The Morgan fingerprint density at radius 3 is 2.63 bits per heavy atom. The zero-order valence-electron chi connectivity index (χ0n) is 9.56. The van der Waals surface area contributed by atoms with E-state index in [1.165, 1.54) is 11.6 Å². The first-order chi connectivity index (χ1) is 8.65. The molecule has 0 bridgehead atoms. The van der Waals surface area contributed by atoms with Gasteiger partial charge in [-0.15, -0.1) is 11.8 Å². The zero-order chi connectivity index (χ0) is 14.4. The largest absolute Gasteiger partial charge is 0.414 e. The summed E-state index contributed by atoms with van der Waals surface area (Å²) in [5, 5.41) is -2.85. The maximum absolute atomic E-state index is 12.8. The van der Waals surface area contributed by atoms with Gasteiger partial charge in [0.2, 0.25) is 5.03 Å². The zero-order valence-corrected chi connectivity index (χ0v) is 11.9. The average Bonchev–Trinajstić information content (AvgIpc) is 2.86. The van der Waals surface area contributed by atoms with Crippen molar-refractivity contribution in [3.63, 3.8) is 0 Å². The molecule has 0 aliphatic carbocycles. The normalized spacial score (nSPS) is 22.1. The maximum atomic E-state index is 12.8. The van der Waals surface area contributed by atoms with E-state index < -0.39 is 26.6 Å². The fourth-order valence-electron chi connectivity index (χ4n) is 1.64. The average molecular weight is 336 g/mol. The molecule has 0 N–H and O–H groups in total. The standard InChI is InChI=1S/C8H9ClF3N3O2S2/c1-14-4-13-6(5(14)9)19(16,17)15-2-3-18-7(15)8(10,11)12/h4,7H,2-3H2,1H3. The lowest BCUT2D eigenvalue weighted by atomic mass is 10.6. The number of alkyl halides is 3. The molecule has 1 aliphatic heterocycles. The number of imidazole rings is 1. The van der Waals surface area contributed by atoms with E-state index >= 15 is 0 Å². The van der Waals surface area contributed by atoms with Gasteiger partial charge in [0.25, 0.3) is 10.0 Å². The van der Waals surface area contributed by atoms with E-state index in [9.17, 15) is 21.6 Å². The number of hydrogen-bond donors (Lipinski definition) is 0. The number of halogens is 4. The Bertz CT molecular complexity index is 587. The monoisotopic (exact) mass is 335 g/mol. The maximum Gasteiger partial charge on any atom is 0.414 e. The molecule has 1 aromatic heterocycles. The van der Waals surface area contributed by atoms with Crippen molar-refractivity contribution in [2.75, 3.05) is 12.3 Å². The summed E-state index contributed by atoms with van der Waals surface area (Å²) in [5.74, 6) is 0.0772. The number of sulfonamides is 1. The van der Waals surface area contributed by atoms with Crippen LogP contribution in [0.4, 0.5) is 13.2 Å². The molecular weight excluding hydrogens is 327 g/mol. The predicted octanol–water partition coefficient (Wildman–Crippen LogP) is 1.70. The topological polar surface area (TPSA) is 55.2 Å². The number of aromatic nitrogens is 2. The molecule has 1 fully saturated rings. The highest BCUT2D eigenvalue weighted by molar-refractivity contribution is 8.01. The fraction of sp³-hybridized carbons (Fsp3) is 0.625. The lowest BCUT2D eigenvalue weighted by Crippen LogP contribution is -2.43. The van der Waals surface area contributed by atoms with E-state index in [1.54, 1.807) is 0 Å². The summed E-state index contributed by atoms with van der Waals surface area (Å²) < 4.78 is 64.3. The summed E-state index contributed by atoms with van der Waals surface area (Å²) in [5.41, 5.74) is 0. The van der Waals surface area contributed by atoms with Crippen molar-refractivity contribution in [2.24, 2.45) is 7.05 Å². The Labute approximate surface area is 116 Å². The lowest BCUT2D eigenvalue weighted by Gasteiger charge is -2.24. The van der Waals surface area contributed by atoms with E-state index in [2.05, 4.69) is 4.98 Å². The number of hydrogen-bond acceptors (Lipinski definition) is 4. The van der Waals surface area contributed by atoms with Crippen LogP contribution in [0.5, 0.6) is 0 Å². The first-order valence-electron chi connectivity index (χ1n) is 5.02. The van der Waals surface area contributed by atoms with Crippen LogP contribution in [-0.2, 0) is 17.1 Å². The van der Waals surface area contributed by atoms with Crippen molar-refractivity contribution in [3.8, 4) is 0 Å². The van der Waals surface area contributed by atoms with Crippen LogP contribution < -0.4 is 0 Å². The molecule has 0 radical (unpaired) electrons. The fourth-order valence-corrected chi connectivity index (χ4v) is 5.11. The molecule has 2 rings (SSSR count). The van der Waals surface area contributed by atoms with Gasteiger partial charge in [0, 0.05) is 19.3 Å². The van der Waals surface area contributed by atoms with E-state index in [0.29, 0.717) is 16.1 Å². The SMILES string of the molecule is Cn1cnc(S(=O)(=O)N2CCSC2C(F)(F)F)c1Cl. The van der Waals surface area contributed by atoms with E-state index in [0.717, 1.165) is 6.33 Å². The van der Waals surface area contributed by atoms with Crippen molar-refractivity contribution < 1.29 is 21.6 Å². The number of rotatable bonds is 2. The molecule has 5 nitrogen and oxygen atoms in total. The Morgan fingerprint density at radius 1 is 1.53 bits per heavy atom. The first-order valence-corrected chi connectivity index (χ1v) is 7.89. The van der Waals surface area contributed by atoms with Crippen LogP contribution in [0.3, 0.4) is 0 Å². The van der Waals surface area contributed by atoms with Gasteiger partial charge in [-0.3, -0.25) is 0 Å². The molecule has 1 saturated heterocycles. The van der Waals surface area contributed by atoms with Gasteiger partial charge < -0.3 is 4.57 Å².